The number of esters is 1. The fourth-order valence-corrected chi connectivity index (χ4v) is 1.98. The van der Waals surface area contributed by atoms with E-state index in [-0.39, 0.29) is 18.0 Å². The highest BCUT2D eigenvalue weighted by Crippen LogP contribution is 2.38. The first kappa shape index (κ1) is 14.0. The molecular formula is C14H15NO5. The number of hydrogen-bond acceptors (Lipinski definition) is 6. The molecule has 2 rings (SSSR count). The minimum atomic E-state index is -1.02. The largest absolute Gasteiger partial charge is 0.497 e. The molecule has 106 valence electrons. The summed E-state index contributed by atoms with van der Waals surface area (Å²) in [4.78, 5) is 28.3. The zero-order valence-corrected chi connectivity index (χ0v) is 11.5. The van der Waals surface area contributed by atoms with E-state index in [2.05, 4.69) is 4.99 Å². The lowest BCUT2D eigenvalue weighted by atomic mass is 9.93. The second kappa shape index (κ2) is 5.73. The van der Waals surface area contributed by atoms with Crippen molar-refractivity contribution in [1.29, 1.82) is 0 Å². The third kappa shape index (κ3) is 2.36. The van der Waals surface area contributed by atoms with Crippen LogP contribution in [0.5, 0.6) is 11.5 Å². The monoisotopic (exact) mass is 277 g/mol. The Kier molecular flexibility index (Phi) is 4.02. The highest BCUT2D eigenvalue weighted by atomic mass is 16.5. The van der Waals surface area contributed by atoms with Crippen LogP contribution in [0.2, 0.25) is 0 Å². The van der Waals surface area contributed by atoms with Gasteiger partial charge in [-0.15, -0.1) is 0 Å². The van der Waals surface area contributed by atoms with Crippen LogP contribution in [0, 0.1) is 5.92 Å². The van der Waals surface area contributed by atoms with Crippen molar-refractivity contribution in [2.45, 2.75) is 6.92 Å². The number of aliphatic imine (C=N–C) groups is 1. The molecule has 0 bridgehead atoms. The Hall–Kier alpha value is -2.37. The topological polar surface area (TPSA) is 74.2 Å². The van der Waals surface area contributed by atoms with Gasteiger partial charge in [0.1, 0.15) is 11.5 Å². The zero-order chi connectivity index (χ0) is 14.7. The van der Waals surface area contributed by atoms with E-state index in [4.69, 9.17) is 14.2 Å². The summed E-state index contributed by atoms with van der Waals surface area (Å²) in [5, 5.41) is 0. The van der Waals surface area contributed by atoms with Crippen molar-refractivity contribution in [2.75, 3.05) is 20.8 Å². The third-order valence-electron chi connectivity index (χ3n) is 2.94. The summed E-state index contributed by atoms with van der Waals surface area (Å²) in [6, 6.07) is 3.20. The molecule has 1 atom stereocenters. The van der Waals surface area contributed by atoms with Crippen molar-refractivity contribution in [2.24, 2.45) is 10.9 Å². The van der Waals surface area contributed by atoms with Gasteiger partial charge in [0.2, 0.25) is 0 Å². The van der Waals surface area contributed by atoms with Crippen molar-refractivity contribution in [3.63, 3.8) is 0 Å². The Morgan fingerprint density at radius 2 is 2.05 bits per heavy atom. The smallest absolute Gasteiger partial charge is 0.322 e. The summed E-state index contributed by atoms with van der Waals surface area (Å²) >= 11 is 0. The van der Waals surface area contributed by atoms with Crippen LogP contribution in [0.15, 0.2) is 17.1 Å². The van der Waals surface area contributed by atoms with Crippen LogP contribution in [0.4, 0.5) is 5.69 Å². The summed E-state index contributed by atoms with van der Waals surface area (Å²) in [6.45, 7) is 1.89. The Balaban J connectivity index is 2.46. The molecule has 0 N–H and O–H groups in total. The standard InChI is InChI=1S/C14H15NO5/c1-4-20-14(17)9-7-15-10-5-8(18-2)6-11(19-3)12(10)13(9)16/h5-7,9H,4H2,1-3H3. The summed E-state index contributed by atoms with van der Waals surface area (Å²) in [5.74, 6) is -1.15. The molecule has 1 aliphatic rings. The van der Waals surface area contributed by atoms with Crippen LogP contribution < -0.4 is 9.47 Å². The predicted molar refractivity (Wildman–Crippen MR) is 72.2 cm³/mol. The lowest BCUT2D eigenvalue weighted by Crippen LogP contribution is -2.30. The summed E-state index contributed by atoms with van der Waals surface area (Å²) in [5.41, 5.74) is 0.695. The number of nitrogens with zero attached hydrogens (tertiary/aromatic N) is 1. The van der Waals surface area contributed by atoms with E-state index in [1.807, 2.05) is 0 Å². The van der Waals surface area contributed by atoms with Gasteiger partial charge in [0.15, 0.2) is 11.7 Å². The van der Waals surface area contributed by atoms with Crippen molar-refractivity contribution >= 4 is 23.7 Å². The lowest BCUT2D eigenvalue weighted by Gasteiger charge is -2.19. The SMILES string of the molecule is CCOC(=O)C1C=Nc2cc(OC)cc(OC)c2C1=O. The molecule has 0 amide bonds. The van der Waals surface area contributed by atoms with Gasteiger partial charge in [0, 0.05) is 18.3 Å². The third-order valence-corrected chi connectivity index (χ3v) is 2.94. The van der Waals surface area contributed by atoms with E-state index < -0.39 is 11.9 Å². The van der Waals surface area contributed by atoms with Crippen LogP contribution >= 0.6 is 0 Å². The quantitative estimate of drug-likeness (QED) is 0.619. The lowest BCUT2D eigenvalue weighted by molar-refractivity contribution is -0.143. The molecule has 0 spiro atoms. The van der Waals surface area contributed by atoms with Gasteiger partial charge in [-0.2, -0.15) is 0 Å². The van der Waals surface area contributed by atoms with Crippen LogP contribution in [0.25, 0.3) is 0 Å². The number of ketones is 1. The number of carbonyl (C=O) groups is 2. The molecule has 1 unspecified atom stereocenters. The minimum Gasteiger partial charge on any atom is -0.497 e. The van der Waals surface area contributed by atoms with Crippen LogP contribution in [0.3, 0.4) is 0 Å². The molecule has 20 heavy (non-hydrogen) atoms. The van der Waals surface area contributed by atoms with Gasteiger partial charge in [-0.05, 0) is 6.92 Å². The number of rotatable bonds is 4. The summed E-state index contributed by atoms with van der Waals surface area (Å²) < 4.78 is 15.2. The number of methoxy groups -OCH3 is 2. The van der Waals surface area contributed by atoms with Crippen molar-refractivity contribution in [3.8, 4) is 11.5 Å². The van der Waals surface area contributed by atoms with Crippen LogP contribution in [-0.2, 0) is 9.53 Å². The Labute approximate surface area is 116 Å². The average molecular weight is 277 g/mol. The fourth-order valence-electron chi connectivity index (χ4n) is 1.98. The van der Waals surface area contributed by atoms with Crippen LogP contribution in [-0.4, -0.2) is 38.8 Å². The van der Waals surface area contributed by atoms with Crippen molar-refractivity contribution < 1.29 is 23.8 Å². The number of fused-ring (bicyclic) bond motifs is 1. The van der Waals surface area contributed by atoms with Crippen LogP contribution in [0.1, 0.15) is 17.3 Å². The van der Waals surface area contributed by atoms with E-state index in [1.165, 1.54) is 20.4 Å². The first-order valence-electron chi connectivity index (χ1n) is 6.13. The van der Waals surface area contributed by atoms with Gasteiger partial charge < -0.3 is 14.2 Å². The number of Topliss-reactive ketones (excluding diaryl/α,β-unsaturated/α-hetero) is 1. The van der Waals surface area contributed by atoms with E-state index in [0.29, 0.717) is 17.2 Å². The summed E-state index contributed by atoms with van der Waals surface area (Å²) in [7, 11) is 2.96. The number of hydrogen-bond donors (Lipinski definition) is 0. The van der Waals surface area contributed by atoms with Crippen molar-refractivity contribution in [3.05, 3.63) is 17.7 Å². The van der Waals surface area contributed by atoms with E-state index in [0.717, 1.165) is 0 Å². The first-order valence-corrected chi connectivity index (χ1v) is 6.13. The van der Waals surface area contributed by atoms with Gasteiger partial charge in [0.25, 0.3) is 0 Å². The molecule has 0 aromatic heterocycles. The molecule has 1 aromatic rings. The fraction of sp³-hybridized carbons (Fsp3) is 0.357. The van der Waals surface area contributed by atoms with Gasteiger partial charge in [-0.3, -0.25) is 14.6 Å². The molecule has 1 aromatic carbocycles. The Morgan fingerprint density at radius 3 is 2.65 bits per heavy atom. The molecule has 0 aliphatic carbocycles. The summed E-state index contributed by atoms with van der Waals surface area (Å²) in [6.07, 6.45) is 1.29. The van der Waals surface area contributed by atoms with Gasteiger partial charge in [0.05, 0.1) is 32.1 Å². The molecule has 0 saturated heterocycles. The highest BCUT2D eigenvalue weighted by Gasteiger charge is 2.34. The molecular weight excluding hydrogens is 262 g/mol. The Morgan fingerprint density at radius 1 is 1.30 bits per heavy atom. The van der Waals surface area contributed by atoms with E-state index in [1.54, 1.807) is 19.1 Å². The zero-order valence-electron chi connectivity index (χ0n) is 11.5. The molecule has 0 fully saturated rings. The predicted octanol–water partition coefficient (Wildman–Crippen LogP) is 1.78. The van der Waals surface area contributed by atoms with Gasteiger partial charge >= 0.3 is 5.97 Å². The maximum atomic E-state index is 12.4. The minimum absolute atomic E-state index is 0.211. The molecule has 0 saturated carbocycles. The van der Waals surface area contributed by atoms with E-state index >= 15 is 0 Å². The first-order chi connectivity index (χ1) is 9.62. The molecule has 1 aliphatic heterocycles. The molecule has 1 heterocycles. The van der Waals surface area contributed by atoms with Gasteiger partial charge in [-0.1, -0.05) is 0 Å². The number of benzene rings is 1. The maximum absolute atomic E-state index is 12.4. The van der Waals surface area contributed by atoms with Crippen molar-refractivity contribution in [1.82, 2.24) is 0 Å². The molecule has 0 radical (unpaired) electrons. The second-order valence-corrected chi connectivity index (χ2v) is 4.10. The number of carbonyl (C=O) groups excluding carboxylic acids is 2. The maximum Gasteiger partial charge on any atom is 0.322 e. The number of ether oxygens (including phenoxy) is 3. The normalized spacial score (nSPS) is 16.6. The Bertz CT molecular complexity index is 579. The average Bonchev–Trinajstić information content (AvgIpc) is 2.46. The van der Waals surface area contributed by atoms with E-state index in [9.17, 15) is 9.59 Å². The highest BCUT2D eigenvalue weighted by molar-refractivity contribution is 6.23. The molecule has 6 heteroatoms. The second-order valence-electron chi connectivity index (χ2n) is 4.10. The van der Waals surface area contributed by atoms with Gasteiger partial charge in [-0.25, -0.2) is 0 Å². The molecule has 6 nitrogen and oxygen atoms in total.